The molecule has 5 rings (SSSR count). The van der Waals surface area contributed by atoms with Crippen LogP contribution in [-0.4, -0.2) is 61.7 Å². The second kappa shape index (κ2) is 10.8. The van der Waals surface area contributed by atoms with Crippen molar-refractivity contribution in [2.75, 3.05) is 20.3 Å². The van der Waals surface area contributed by atoms with Gasteiger partial charge in [0.05, 0.1) is 19.3 Å². The van der Waals surface area contributed by atoms with Gasteiger partial charge in [0.25, 0.3) is 0 Å². The van der Waals surface area contributed by atoms with Gasteiger partial charge < -0.3 is 29.6 Å². The normalized spacial score (nSPS) is 28.3. The first-order chi connectivity index (χ1) is 17.1. The number of fused-ring (bicyclic) bond motifs is 1. The van der Waals surface area contributed by atoms with E-state index in [1.165, 1.54) is 19.3 Å². The first-order valence-corrected chi connectivity index (χ1v) is 13.5. The van der Waals surface area contributed by atoms with Crippen molar-refractivity contribution < 1.29 is 23.7 Å². The van der Waals surface area contributed by atoms with Crippen molar-refractivity contribution in [3.8, 4) is 5.75 Å². The number of rotatable bonds is 8. The Kier molecular flexibility index (Phi) is 7.57. The average Bonchev–Trinajstić information content (AvgIpc) is 3.63. The highest BCUT2D eigenvalue weighted by Gasteiger charge is 2.49. The van der Waals surface area contributed by atoms with E-state index in [9.17, 15) is 4.79 Å². The molecule has 3 fully saturated rings. The second-order valence-corrected chi connectivity index (χ2v) is 10.5. The Morgan fingerprint density at radius 3 is 2.74 bits per heavy atom. The quantitative estimate of drug-likeness (QED) is 0.569. The van der Waals surface area contributed by atoms with Crippen molar-refractivity contribution in [1.29, 1.82) is 0 Å². The molecule has 3 aliphatic rings. The Balaban J connectivity index is 1.22. The van der Waals surface area contributed by atoms with Crippen LogP contribution in [0.3, 0.4) is 0 Å². The number of nitrogens with zero attached hydrogens (tertiary/aromatic N) is 1. The zero-order valence-electron chi connectivity index (χ0n) is 20.4. The fourth-order valence-corrected chi connectivity index (χ4v) is 6.49. The van der Waals surface area contributed by atoms with Crippen LogP contribution in [-0.2, 0) is 19.8 Å². The molecule has 190 valence electrons. The van der Waals surface area contributed by atoms with Crippen molar-refractivity contribution in [2.45, 2.75) is 81.4 Å². The molecule has 2 aromatic rings. The number of carbonyl (C=O) groups is 1. The van der Waals surface area contributed by atoms with Crippen molar-refractivity contribution in [3.63, 3.8) is 0 Å². The first-order valence-electron chi connectivity index (χ1n) is 12.7. The maximum atomic E-state index is 12.5. The minimum atomic E-state index is -0.618. The van der Waals surface area contributed by atoms with Crippen LogP contribution in [0.5, 0.6) is 5.75 Å². The van der Waals surface area contributed by atoms with E-state index >= 15 is 0 Å². The Hall–Kier alpha value is -2.20. The Morgan fingerprint density at radius 2 is 2.00 bits per heavy atom. The predicted molar refractivity (Wildman–Crippen MR) is 133 cm³/mol. The molecule has 1 aromatic carbocycles. The molecule has 0 radical (unpaired) electrons. The number of hydrogen-bond donors (Lipinski definition) is 2. The van der Waals surface area contributed by atoms with Gasteiger partial charge in [-0.25, -0.2) is 9.78 Å². The van der Waals surface area contributed by atoms with Crippen LogP contribution in [0.2, 0.25) is 0 Å². The van der Waals surface area contributed by atoms with E-state index in [-0.39, 0.29) is 36.4 Å². The molecule has 1 unspecified atom stereocenters. The molecule has 2 amide bonds. The molecule has 5 atom stereocenters. The van der Waals surface area contributed by atoms with Gasteiger partial charge in [0.2, 0.25) is 0 Å². The number of amides is 2. The number of nitrogens with one attached hydrogen (secondary N) is 2. The second-order valence-electron chi connectivity index (χ2n) is 9.56. The third-order valence-corrected chi connectivity index (χ3v) is 8.39. The topological polar surface area (TPSA) is 90.9 Å². The lowest BCUT2D eigenvalue weighted by atomic mass is 9.91. The van der Waals surface area contributed by atoms with E-state index in [0.29, 0.717) is 13.2 Å². The number of benzene rings is 1. The third-order valence-electron chi connectivity index (χ3n) is 7.48. The lowest BCUT2D eigenvalue weighted by Crippen LogP contribution is -2.51. The van der Waals surface area contributed by atoms with Gasteiger partial charge in [0.15, 0.2) is 6.10 Å². The molecule has 2 aliphatic heterocycles. The zero-order valence-corrected chi connectivity index (χ0v) is 21.2. The van der Waals surface area contributed by atoms with Gasteiger partial charge in [-0.1, -0.05) is 38.3 Å². The lowest BCUT2D eigenvalue weighted by Gasteiger charge is -2.30. The van der Waals surface area contributed by atoms with Gasteiger partial charge >= 0.3 is 6.03 Å². The number of methoxy groups -OCH3 is 1. The number of carbonyl (C=O) groups excluding carboxylic acids is 1. The van der Waals surface area contributed by atoms with Gasteiger partial charge in [-0.05, 0) is 37.0 Å². The van der Waals surface area contributed by atoms with Gasteiger partial charge in [-0.15, -0.1) is 11.3 Å². The molecule has 1 aliphatic carbocycles. The summed E-state index contributed by atoms with van der Waals surface area (Å²) in [5.74, 6) is 0.734. The molecule has 1 saturated carbocycles. The molecule has 35 heavy (non-hydrogen) atoms. The van der Waals surface area contributed by atoms with Crippen LogP contribution < -0.4 is 15.4 Å². The van der Waals surface area contributed by atoms with Gasteiger partial charge in [0.1, 0.15) is 28.6 Å². The largest absolute Gasteiger partial charge is 0.485 e. The number of urea groups is 1. The van der Waals surface area contributed by atoms with Crippen molar-refractivity contribution >= 4 is 17.4 Å². The predicted octanol–water partition coefficient (Wildman–Crippen LogP) is 3.99. The van der Waals surface area contributed by atoms with Crippen LogP contribution >= 0.6 is 11.3 Å². The van der Waals surface area contributed by atoms with Crippen LogP contribution in [0.1, 0.15) is 56.0 Å². The smallest absolute Gasteiger partial charge is 0.315 e. The van der Waals surface area contributed by atoms with E-state index in [4.69, 9.17) is 18.9 Å². The van der Waals surface area contributed by atoms with Crippen LogP contribution in [0.25, 0.3) is 0 Å². The van der Waals surface area contributed by atoms with Gasteiger partial charge in [-0.2, -0.15) is 0 Å². The molecule has 2 N–H and O–H groups in total. The summed E-state index contributed by atoms with van der Waals surface area (Å²) < 4.78 is 24.4. The Labute approximate surface area is 210 Å². The van der Waals surface area contributed by atoms with Crippen molar-refractivity contribution in [1.82, 2.24) is 15.6 Å². The Bertz CT molecular complexity index is 977. The maximum absolute atomic E-state index is 12.5. The zero-order chi connectivity index (χ0) is 24.3. The molecule has 1 aromatic heterocycles. The molecule has 9 heteroatoms. The highest BCUT2D eigenvalue weighted by atomic mass is 32.1. The molecule has 3 heterocycles. The number of aromatic nitrogens is 1. The van der Waals surface area contributed by atoms with E-state index in [1.54, 1.807) is 24.6 Å². The van der Waals surface area contributed by atoms with Gasteiger partial charge in [0, 0.05) is 24.7 Å². The van der Waals surface area contributed by atoms with Crippen LogP contribution in [0.15, 0.2) is 35.8 Å². The molecule has 0 spiro atoms. The van der Waals surface area contributed by atoms with E-state index in [2.05, 4.69) is 22.5 Å². The highest BCUT2D eigenvalue weighted by molar-refractivity contribution is 7.09. The average molecular weight is 502 g/mol. The van der Waals surface area contributed by atoms with Gasteiger partial charge in [-0.3, -0.25) is 0 Å². The summed E-state index contributed by atoms with van der Waals surface area (Å²) in [4.78, 5) is 17.1. The summed E-state index contributed by atoms with van der Waals surface area (Å²) in [6, 6.07) is 7.93. The monoisotopic (exact) mass is 501 g/mol. The standard InChI is InChI=1S/C26H35N3O5S/c1-3-26(31-2,24-27-12-13-35-24)17-8-7-11-19(14-17)34-21-16-33-22-20(15-32-23(21)22)29-25(30)28-18-9-5-4-6-10-18/h7-8,11-14,18,20-23H,3-6,9-10,15-16H2,1-2H3,(H2,28,29,30)/t20-,21-,22+,23+,26?/m0/s1. The Morgan fingerprint density at radius 1 is 1.17 bits per heavy atom. The number of thiazole rings is 1. The molecule has 0 bridgehead atoms. The molecule has 8 nitrogen and oxygen atoms in total. The van der Waals surface area contributed by atoms with E-state index < -0.39 is 5.60 Å². The van der Waals surface area contributed by atoms with Crippen molar-refractivity contribution in [2.24, 2.45) is 0 Å². The maximum Gasteiger partial charge on any atom is 0.315 e. The molecule has 2 saturated heterocycles. The summed E-state index contributed by atoms with van der Waals surface area (Å²) in [5, 5.41) is 9.06. The SMILES string of the molecule is CCC(OC)(c1cccc(O[C@H]2CO[C@H]3[C@@H]2OC[C@@H]3NC(=O)NC2CCCCC2)c1)c1nccs1. The number of hydrogen-bond acceptors (Lipinski definition) is 7. The fourth-order valence-electron chi connectivity index (χ4n) is 5.58. The first kappa shape index (κ1) is 24.5. The summed E-state index contributed by atoms with van der Waals surface area (Å²) >= 11 is 1.58. The third kappa shape index (κ3) is 5.05. The molecular weight excluding hydrogens is 466 g/mol. The highest BCUT2D eigenvalue weighted by Crippen LogP contribution is 2.39. The number of ether oxygens (including phenoxy) is 4. The summed E-state index contributed by atoms with van der Waals surface area (Å²) in [5.41, 5.74) is 0.379. The van der Waals surface area contributed by atoms with E-state index in [0.717, 1.165) is 35.6 Å². The van der Waals surface area contributed by atoms with Crippen LogP contribution in [0.4, 0.5) is 4.79 Å². The summed E-state index contributed by atoms with van der Waals surface area (Å²) in [7, 11) is 1.72. The molecular formula is C26H35N3O5S. The summed E-state index contributed by atoms with van der Waals surface area (Å²) in [6.07, 6.45) is 7.58. The van der Waals surface area contributed by atoms with Crippen molar-refractivity contribution in [3.05, 3.63) is 46.4 Å². The van der Waals surface area contributed by atoms with E-state index in [1.807, 2.05) is 29.6 Å². The minimum absolute atomic E-state index is 0.135. The lowest BCUT2D eigenvalue weighted by molar-refractivity contribution is 0.0169. The minimum Gasteiger partial charge on any atom is -0.485 e. The summed E-state index contributed by atoms with van der Waals surface area (Å²) in [6.45, 7) is 2.93. The van der Waals surface area contributed by atoms with Crippen LogP contribution in [0, 0.1) is 0 Å². The fraction of sp³-hybridized carbons (Fsp3) is 0.615.